The van der Waals surface area contributed by atoms with Gasteiger partial charge in [0.2, 0.25) is 5.91 Å². The summed E-state index contributed by atoms with van der Waals surface area (Å²) >= 11 is 0. The van der Waals surface area contributed by atoms with Crippen molar-refractivity contribution in [2.75, 3.05) is 13.6 Å². The van der Waals surface area contributed by atoms with Gasteiger partial charge in [-0.1, -0.05) is 44.7 Å². The smallest absolute Gasteiger partial charge is 0.242 e. The minimum Gasteiger partial charge on any atom is -0.344 e. The lowest BCUT2D eigenvalue weighted by molar-refractivity contribution is -0.130. The summed E-state index contributed by atoms with van der Waals surface area (Å²) in [7, 11) is 1.91. The second kappa shape index (κ2) is 7.82. The molecule has 1 aromatic heterocycles. The molecule has 1 aliphatic rings. The molecule has 0 spiro atoms. The molecule has 1 heterocycles. The average Bonchev–Trinajstić information content (AvgIpc) is 2.99. The molecule has 24 heavy (non-hydrogen) atoms. The van der Waals surface area contributed by atoms with Crippen molar-refractivity contribution in [3.05, 3.63) is 30.1 Å². The number of unbranched alkanes of at least 4 members (excludes halogenated alkanes) is 1. The highest BCUT2D eigenvalue weighted by Gasteiger charge is 2.24. The Balaban J connectivity index is 1.88. The molecule has 130 valence electrons. The zero-order chi connectivity index (χ0) is 16.9. The van der Waals surface area contributed by atoms with Gasteiger partial charge in [-0.3, -0.25) is 4.79 Å². The van der Waals surface area contributed by atoms with Crippen molar-refractivity contribution in [3.63, 3.8) is 0 Å². The minimum absolute atomic E-state index is 0.184. The van der Waals surface area contributed by atoms with Gasteiger partial charge < -0.3 is 9.47 Å². The zero-order valence-corrected chi connectivity index (χ0v) is 15.0. The molecule has 0 radical (unpaired) electrons. The van der Waals surface area contributed by atoms with Crippen LogP contribution in [0.2, 0.25) is 0 Å². The van der Waals surface area contributed by atoms with E-state index in [1.54, 1.807) is 0 Å². The van der Waals surface area contributed by atoms with Gasteiger partial charge in [0.15, 0.2) is 0 Å². The number of aromatic nitrogens is 2. The molecule has 0 aliphatic heterocycles. The van der Waals surface area contributed by atoms with E-state index in [2.05, 4.69) is 23.6 Å². The quantitative estimate of drug-likeness (QED) is 0.791. The van der Waals surface area contributed by atoms with Crippen LogP contribution < -0.4 is 0 Å². The number of amides is 1. The SMILES string of the molecule is CCCCN(C)C(=O)Cn1c(C2CCCCC2)nc2ccccc21. The molecule has 0 atom stereocenters. The third-order valence-electron chi connectivity index (χ3n) is 5.22. The Morgan fingerprint density at radius 1 is 1.25 bits per heavy atom. The molecule has 4 nitrogen and oxygen atoms in total. The number of fused-ring (bicyclic) bond motifs is 1. The first-order valence-corrected chi connectivity index (χ1v) is 9.40. The summed E-state index contributed by atoms with van der Waals surface area (Å²) in [5, 5.41) is 0. The molecule has 1 amide bonds. The van der Waals surface area contributed by atoms with E-state index in [9.17, 15) is 4.79 Å². The van der Waals surface area contributed by atoms with Gasteiger partial charge in [0.1, 0.15) is 12.4 Å². The maximum Gasteiger partial charge on any atom is 0.242 e. The molecule has 2 aromatic rings. The van der Waals surface area contributed by atoms with Crippen LogP contribution >= 0.6 is 0 Å². The highest BCUT2D eigenvalue weighted by Crippen LogP contribution is 2.33. The molecule has 1 saturated carbocycles. The van der Waals surface area contributed by atoms with Gasteiger partial charge in [-0.15, -0.1) is 0 Å². The second-order valence-corrected chi connectivity index (χ2v) is 7.05. The maximum atomic E-state index is 12.7. The number of para-hydroxylation sites is 2. The first-order chi connectivity index (χ1) is 11.7. The Morgan fingerprint density at radius 3 is 2.75 bits per heavy atom. The molecule has 0 N–H and O–H groups in total. The third kappa shape index (κ3) is 3.63. The summed E-state index contributed by atoms with van der Waals surface area (Å²) in [6.45, 7) is 3.40. The van der Waals surface area contributed by atoms with E-state index < -0.39 is 0 Å². The van der Waals surface area contributed by atoms with Gasteiger partial charge in [-0.25, -0.2) is 4.98 Å². The standard InChI is InChI=1S/C20H29N3O/c1-3-4-14-22(2)19(24)15-23-18-13-9-8-12-17(18)21-20(23)16-10-6-5-7-11-16/h8-9,12-13,16H,3-7,10-11,14-15H2,1-2H3. The number of likely N-dealkylation sites (N-methyl/N-ethyl adjacent to an activating group) is 1. The highest BCUT2D eigenvalue weighted by atomic mass is 16.2. The fourth-order valence-corrected chi connectivity index (χ4v) is 3.71. The van der Waals surface area contributed by atoms with Crippen molar-refractivity contribution in [1.29, 1.82) is 0 Å². The normalized spacial score (nSPS) is 15.8. The van der Waals surface area contributed by atoms with Crippen LogP contribution in [0.5, 0.6) is 0 Å². The van der Waals surface area contributed by atoms with Gasteiger partial charge in [0.05, 0.1) is 11.0 Å². The molecular weight excluding hydrogens is 298 g/mol. The monoisotopic (exact) mass is 327 g/mol. The maximum absolute atomic E-state index is 12.7. The molecule has 0 unspecified atom stereocenters. The Kier molecular flexibility index (Phi) is 5.54. The Hall–Kier alpha value is -1.84. The number of carbonyl (C=O) groups excluding carboxylic acids is 1. The van der Waals surface area contributed by atoms with Crippen LogP contribution in [0, 0.1) is 0 Å². The number of rotatable bonds is 6. The van der Waals surface area contributed by atoms with Crippen LogP contribution in [0.25, 0.3) is 11.0 Å². The molecule has 0 saturated heterocycles. The van der Waals surface area contributed by atoms with E-state index in [4.69, 9.17) is 4.98 Å². The molecule has 1 aliphatic carbocycles. The number of hydrogen-bond donors (Lipinski definition) is 0. The fraction of sp³-hybridized carbons (Fsp3) is 0.600. The molecule has 1 aromatic carbocycles. The lowest BCUT2D eigenvalue weighted by Gasteiger charge is -2.23. The lowest BCUT2D eigenvalue weighted by atomic mass is 9.88. The average molecular weight is 327 g/mol. The van der Waals surface area contributed by atoms with E-state index in [-0.39, 0.29) is 5.91 Å². The predicted octanol–water partition coefficient (Wildman–Crippen LogP) is 4.34. The summed E-state index contributed by atoms with van der Waals surface area (Å²) in [4.78, 5) is 19.4. The van der Waals surface area contributed by atoms with Crippen LogP contribution in [0.1, 0.15) is 63.6 Å². The summed E-state index contributed by atoms with van der Waals surface area (Å²) in [6.07, 6.45) is 8.44. The first kappa shape index (κ1) is 17.0. The number of hydrogen-bond acceptors (Lipinski definition) is 2. The van der Waals surface area contributed by atoms with E-state index in [0.717, 1.165) is 36.2 Å². The van der Waals surface area contributed by atoms with Gasteiger partial charge in [0.25, 0.3) is 0 Å². The van der Waals surface area contributed by atoms with Crippen LogP contribution in [-0.4, -0.2) is 34.0 Å². The zero-order valence-electron chi connectivity index (χ0n) is 15.0. The van der Waals surface area contributed by atoms with Gasteiger partial charge in [-0.2, -0.15) is 0 Å². The fourth-order valence-electron chi connectivity index (χ4n) is 3.71. The Morgan fingerprint density at radius 2 is 2.00 bits per heavy atom. The number of carbonyl (C=O) groups is 1. The van der Waals surface area contributed by atoms with Crippen LogP contribution in [-0.2, 0) is 11.3 Å². The van der Waals surface area contributed by atoms with Gasteiger partial charge >= 0.3 is 0 Å². The Bertz CT molecular complexity index is 685. The highest BCUT2D eigenvalue weighted by molar-refractivity contribution is 5.81. The van der Waals surface area contributed by atoms with E-state index in [1.165, 1.54) is 32.1 Å². The lowest BCUT2D eigenvalue weighted by Crippen LogP contribution is -2.31. The number of imidazole rings is 1. The molecule has 1 fully saturated rings. The molecule has 4 heteroatoms. The van der Waals surface area contributed by atoms with Crippen LogP contribution in [0.15, 0.2) is 24.3 Å². The van der Waals surface area contributed by atoms with Gasteiger partial charge in [-0.05, 0) is 31.4 Å². The molecular formula is C20H29N3O. The Labute approximate surface area is 144 Å². The van der Waals surface area contributed by atoms with Crippen molar-refractivity contribution in [2.45, 2.75) is 64.3 Å². The topological polar surface area (TPSA) is 38.1 Å². The minimum atomic E-state index is 0.184. The number of nitrogens with zero attached hydrogens (tertiary/aromatic N) is 3. The van der Waals surface area contributed by atoms with E-state index in [0.29, 0.717) is 12.5 Å². The van der Waals surface area contributed by atoms with Crippen LogP contribution in [0.3, 0.4) is 0 Å². The first-order valence-electron chi connectivity index (χ1n) is 9.40. The molecule has 3 rings (SSSR count). The van der Waals surface area contributed by atoms with E-state index >= 15 is 0 Å². The summed E-state index contributed by atoms with van der Waals surface area (Å²) in [5.41, 5.74) is 2.11. The summed E-state index contributed by atoms with van der Waals surface area (Å²) < 4.78 is 2.18. The van der Waals surface area contributed by atoms with E-state index in [1.807, 2.05) is 24.1 Å². The summed E-state index contributed by atoms with van der Waals surface area (Å²) in [6, 6.07) is 8.22. The second-order valence-electron chi connectivity index (χ2n) is 7.05. The van der Waals surface area contributed by atoms with Crippen molar-refractivity contribution < 1.29 is 4.79 Å². The van der Waals surface area contributed by atoms with Crippen molar-refractivity contribution in [1.82, 2.24) is 14.5 Å². The van der Waals surface area contributed by atoms with Crippen molar-refractivity contribution in [2.24, 2.45) is 0 Å². The third-order valence-corrected chi connectivity index (χ3v) is 5.22. The van der Waals surface area contributed by atoms with Crippen LogP contribution in [0.4, 0.5) is 0 Å². The summed E-state index contributed by atoms with van der Waals surface area (Å²) in [5.74, 6) is 1.80. The number of benzene rings is 1. The predicted molar refractivity (Wildman–Crippen MR) is 98.1 cm³/mol. The van der Waals surface area contributed by atoms with Crippen molar-refractivity contribution in [3.8, 4) is 0 Å². The molecule has 0 bridgehead atoms. The van der Waals surface area contributed by atoms with Crippen molar-refractivity contribution >= 4 is 16.9 Å². The van der Waals surface area contributed by atoms with Gasteiger partial charge in [0, 0.05) is 19.5 Å². The largest absolute Gasteiger partial charge is 0.344 e.